The first-order valence-corrected chi connectivity index (χ1v) is 7.75. The minimum Gasteiger partial charge on any atom is -0.389 e. The van der Waals surface area contributed by atoms with Crippen molar-refractivity contribution in [2.45, 2.75) is 38.3 Å². The number of nitrogens with one attached hydrogen (secondary N) is 1. The molecule has 1 saturated heterocycles. The summed E-state index contributed by atoms with van der Waals surface area (Å²) in [5.74, 6) is -0.443. The van der Waals surface area contributed by atoms with E-state index < -0.39 is 17.9 Å². The van der Waals surface area contributed by atoms with Crippen LogP contribution in [0.1, 0.15) is 41.9 Å². The van der Waals surface area contributed by atoms with Crippen molar-refractivity contribution < 1.29 is 18.7 Å². The monoisotopic (exact) mass is 318 g/mol. The zero-order valence-corrected chi connectivity index (χ0v) is 12.9. The summed E-state index contributed by atoms with van der Waals surface area (Å²) in [5, 5.41) is 14.1. The van der Waals surface area contributed by atoms with Gasteiger partial charge in [0.15, 0.2) is 0 Å². The first-order chi connectivity index (χ1) is 9.76. The number of hydrogen-bond donors (Lipinski definition) is 2. The SMILES string of the molecule is CC(C)(O)CN1CC[C@H](NC(=O)c2ccsc2C(F)F)C1. The summed E-state index contributed by atoms with van der Waals surface area (Å²) in [6.45, 7) is 5.41. The van der Waals surface area contributed by atoms with Crippen molar-refractivity contribution in [2.24, 2.45) is 0 Å². The van der Waals surface area contributed by atoms with Crippen LogP contribution in [0.25, 0.3) is 0 Å². The van der Waals surface area contributed by atoms with Gasteiger partial charge in [-0.1, -0.05) is 0 Å². The Morgan fingerprint density at radius 2 is 2.33 bits per heavy atom. The Morgan fingerprint density at radius 1 is 1.62 bits per heavy atom. The van der Waals surface area contributed by atoms with Crippen LogP contribution in [-0.4, -0.2) is 47.2 Å². The van der Waals surface area contributed by atoms with E-state index in [-0.39, 0.29) is 16.5 Å². The van der Waals surface area contributed by atoms with Crippen LogP contribution in [0.4, 0.5) is 8.78 Å². The summed E-state index contributed by atoms with van der Waals surface area (Å²) >= 11 is 0.898. The molecule has 0 bridgehead atoms. The molecule has 2 N–H and O–H groups in total. The average molecular weight is 318 g/mol. The van der Waals surface area contributed by atoms with Crippen molar-refractivity contribution in [3.8, 4) is 0 Å². The van der Waals surface area contributed by atoms with Crippen molar-refractivity contribution in [2.75, 3.05) is 19.6 Å². The van der Waals surface area contributed by atoms with E-state index >= 15 is 0 Å². The number of thiophene rings is 1. The quantitative estimate of drug-likeness (QED) is 0.875. The summed E-state index contributed by atoms with van der Waals surface area (Å²) < 4.78 is 25.6. The molecule has 2 heterocycles. The van der Waals surface area contributed by atoms with E-state index in [9.17, 15) is 18.7 Å². The van der Waals surface area contributed by atoms with Crippen molar-refractivity contribution in [3.05, 3.63) is 21.9 Å². The van der Waals surface area contributed by atoms with E-state index in [1.807, 2.05) is 0 Å². The number of alkyl halides is 2. The number of β-amino-alcohol motifs (C(OH)–C–C–N with tert-alkyl or cyclic N) is 1. The Balaban J connectivity index is 1.91. The number of rotatable bonds is 5. The van der Waals surface area contributed by atoms with Crippen molar-refractivity contribution in [1.29, 1.82) is 0 Å². The smallest absolute Gasteiger partial charge is 0.273 e. The molecule has 1 fully saturated rings. The van der Waals surface area contributed by atoms with E-state index in [0.29, 0.717) is 13.1 Å². The van der Waals surface area contributed by atoms with Gasteiger partial charge in [-0.15, -0.1) is 11.3 Å². The fourth-order valence-electron chi connectivity index (χ4n) is 2.58. The predicted octanol–water partition coefficient (Wildman–Crippen LogP) is 2.26. The number of halogens is 2. The molecule has 7 heteroatoms. The molecule has 1 aliphatic rings. The molecular formula is C14H20F2N2O2S. The number of nitrogens with zero attached hydrogens (tertiary/aromatic N) is 1. The number of carbonyl (C=O) groups is 1. The predicted molar refractivity (Wildman–Crippen MR) is 77.9 cm³/mol. The lowest BCUT2D eigenvalue weighted by Crippen LogP contribution is -2.41. The minimum absolute atomic E-state index is 0.0646. The van der Waals surface area contributed by atoms with Gasteiger partial charge in [-0.25, -0.2) is 8.78 Å². The Bertz CT molecular complexity index is 499. The van der Waals surface area contributed by atoms with Crippen LogP contribution >= 0.6 is 11.3 Å². The lowest BCUT2D eigenvalue weighted by atomic mass is 10.1. The molecule has 0 aromatic carbocycles. The van der Waals surface area contributed by atoms with Crippen LogP contribution in [-0.2, 0) is 0 Å². The standard InChI is InChI=1S/C14H20F2N2O2S/c1-14(2,20)8-18-5-3-9(7-18)17-13(19)10-4-6-21-11(10)12(15)16/h4,6,9,12,20H,3,5,7-8H2,1-2H3,(H,17,19)/t9-/m0/s1. The molecule has 4 nitrogen and oxygen atoms in total. The third kappa shape index (κ3) is 4.46. The number of carbonyl (C=O) groups excluding carboxylic acids is 1. The summed E-state index contributed by atoms with van der Waals surface area (Å²) in [6, 6.07) is 1.37. The maximum absolute atomic E-state index is 12.8. The molecule has 0 radical (unpaired) electrons. The van der Waals surface area contributed by atoms with Gasteiger partial charge in [0.25, 0.3) is 12.3 Å². The van der Waals surface area contributed by atoms with E-state index in [4.69, 9.17) is 0 Å². The van der Waals surface area contributed by atoms with E-state index in [0.717, 1.165) is 24.3 Å². The summed E-state index contributed by atoms with van der Waals surface area (Å²) in [6.07, 6.45) is -1.86. The Morgan fingerprint density at radius 3 is 2.95 bits per heavy atom. The van der Waals surface area contributed by atoms with Gasteiger partial charge in [-0.05, 0) is 31.7 Å². The largest absolute Gasteiger partial charge is 0.389 e. The van der Waals surface area contributed by atoms with E-state index in [2.05, 4.69) is 10.2 Å². The molecule has 1 aliphatic heterocycles. The lowest BCUT2D eigenvalue weighted by molar-refractivity contribution is 0.0433. The molecular weight excluding hydrogens is 298 g/mol. The van der Waals surface area contributed by atoms with Crippen LogP contribution < -0.4 is 5.32 Å². The van der Waals surface area contributed by atoms with Gasteiger partial charge in [0, 0.05) is 25.7 Å². The molecule has 1 atom stereocenters. The van der Waals surface area contributed by atoms with Gasteiger partial charge in [0.2, 0.25) is 0 Å². The fourth-order valence-corrected chi connectivity index (χ4v) is 3.32. The lowest BCUT2D eigenvalue weighted by Gasteiger charge is -2.25. The topological polar surface area (TPSA) is 52.6 Å². The number of aliphatic hydroxyl groups is 1. The molecule has 1 aromatic rings. The van der Waals surface area contributed by atoms with Gasteiger partial charge in [0.1, 0.15) is 0 Å². The third-order valence-electron chi connectivity index (χ3n) is 3.36. The Hall–Kier alpha value is -1.05. The average Bonchev–Trinajstić information content (AvgIpc) is 2.95. The summed E-state index contributed by atoms with van der Waals surface area (Å²) in [4.78, 5) is 14.0. The highest BCUT2D eigenvalue weighted by Crippen LogP contribution is 2.28. The Labute approximate surface area is 126 Å². The molecule has 1 aromatic heterocycles. The van der Waals surface area contributed by atoms with Crippen molar-refractivity contribution >= 4 is 17.2 Å². The number of likely N-dealkylation sites (tertiary alicyclic amines) is 1. The minimum atomic E-state index is -2.62. The molecule has 1 amide bonds. The van der Waals surface area contributed by atoms with Gasteiger partial charge in [-0.2, -0.15) is 0 Å². The normalized spacial score (nSPS) is 20.2. The zero-order chi connectivity index (χ0) is 15.6. The highest BCUT2D eigenvalue weighted by atomic mass is 32.1. The second-order valence-corrected chi connectivity index (χ2v) is 6.95. The fraction of sp³-hybridized carbons (Fsp3) is 0.643. The molecule has 0 unspecified atom stereocenters. The van der Waals surface area contributed by atoms with Crippen LogP contribution in [0.3, 0.4) is 0 Å². The van der Waals surface area contributed by atoms with Gasteiger partial charge in [0.05, 0.1) is 16.0 Å². The van der Waals surface area contributed by atoms with Crippen LogP contribution in [0.2, 0.25) is 0 Å². The van der Waals surface area contributed by atoms with Gasteiger partial charge in [-0.3, -0.25) is 9.69 Å². The maximum Gasteiger partial charge on any atom is 0.273 e. The van der Waals surface area contributed by atoms with Crippen LogP contribution in [0.5, 0.6) is 0 Å². The second kappa shape index (κ2) is 6.37. The molecule has 2 rings (SSSR count). The van der Waals surface area contributed by atoms with Crippen molar-refractivity contribution in [3.63, 3.8) is 0 Å². The van der Waals surface area contributed by atoms with Crippen LogP contribution in [0, 0.1) is 0 Å². The highest BCUT2D eigenvalue weighted by molar-refractivity contribution is 7.10. The molecule has 118 valence electrons. The van der Waals surface area contributed by atoms with Crippen LogP contribution in [0.15, 0.2) is 11.4 Å². The second-order valence-electron chi connectivity index (χ2n) is 6.01. The van der Waals surface area contributed by atoms with Gasteiger partial charge >= 0.3 is 0 Å². The Kier molecular flexibility index (Phi) is 4.95. The first-order valence-electron chi connectivity index (χ1n) is 6.87. The number of hydrogen-bond acceptors (Lipinski definition) is 4. The molecule has 0 saturated carbocycles. The van der Waals surface area contributed by atoms with Crippen molar-refractivity contribution in [1.82, 2.24) is 10.2 Å². The summed E-state index contributed by atoms with van der Waals surface area (Å²) in [7, 11) is 0. The van der Waals surface area contributed by atoms with Gasteiger partial charge < -0.3 is 10.4 Å². The zero-order valence-electron chi connectivity index (χ0n) is 12.1. The maximum atomic E-state index is 12.8. The molecule has 0 aliphatic carbocycles. The highest BCUT2D eigenvalue weighted by Gasteiger charge is 2.29. The molecule has 21 heavy (non-hydrogen) atoms. The summed E-state index contributed by atoms with van der Waals surface area (Å²) in [5.41, 5.74) is -0.717. The number of amides is 1. The third-order valence-corrected chi connectivity index (χ3v) is 4.28. The van der Waals surface area contributed by atoms with E-state index in [1.165, 1.54) is 11.4 Å². The van der Waals surface area contributed by atoms with E-state index in [1.54, 1.807) is 13.8 Å². The first kappa shape index (κ1) is 16.3. The molecule has 0 spiro atoms.